The summed E-state index contributed by atoms with van der Waals surface area (Å²) in [5, 5.41) is 0.673. The van der Waals surface area contributed by atoms with Crippen LogP contribution < -0.4 is 27.6 Å². The predicted molar refractivity (Wildman–Crippen MR) is 143 cm³/mol. The minimum atomic E-state index is -0.714. The lowest BCUT2D eigenvalue weighted by Crippen LogP contribution is -2.44. The van der Waals surface area contributed by atoms with E-state index in [2.05, 4.69) is 9.97 Å². The Morgan fingerprint density at radius 2 is 1.89 bits per heavy atom. The minimum absolute atomic E-state index is 0.0252. The number of esters is 1. The van der Waals surface area contributed by atoms with E-state index < -0.39 is 23.8 Å². The first-order chi connectivity index (χ1) is 18.3. The van der Waals surface area contributed by atoms with Gasteiger partial charge in [-0.2, -0.15) is 4.98 Å². The van der Waals surface area contributed by atoms with Gasteiger partial charge in [-0.3, -0.25) is 18.7 Å². The third-order valence-corrected chi connectivity index (χ3v) is 6.72. The molecule has 1 atom stereocenters. The summed E-state index contributed by atoms with van der Waals surface area (Å²) in [6.07, 6.45) is 1.78. The lowest BCUT2D eigenvalue weighted by molar-refractivity contribution is -0.143. The third kappa shape index (κ3) is 4.49. The lowest BCUT2D eigenvalue weighted by Gasteiger charge is -2.31. The van der Waals surface area contributed by atoms with E-state index in [0.717, 1.165) is 24.0 Å². The molecule has 0 spiro atoms. The maximum Gasteiger partial charge on any atom is 0.333 e. The van der Waals surface area contributed by atoms with Gasteiger partial charge < -0.3 is 25.7 Å². The van der Waals surface area contributed by atoms with Gasteiger partial charge in [0.1, 0.15) is 12.4 Å². The van der Waals surface area contributed by atoms with Crippen molar-refractivity contribution in [2.24, 2.45) is 5.73 Å². The number of imidazole rings is 1. The Hall–Kier alpha value is -4.26. The SMILES string of the molecule is CCOC(=O)Cn1c(=O)n(Cc2nc(N)c3ccccc3n2)c(=O)c2c1nc(N1CCCC(N)C1)n2CC. The largest absolute Gasteiger partial charge is 0.465 e. The molecule has 0 aliphatic carbocycles. The lowest BCUT2D eigenvalue weighted by atomic mass is 10.1. The standard InChI is InChI=1S/C25H31N9O4/c1-3-32-20-22(30-24(32)31-11-7-8-15(26)12-31)33(14-19(35)38-4-2)25(37)34(23(20)36)13-18-28-17-10-6-5-9-16(17)21(27)29-18/h5-6,9-10,15H,3-4,7-8,11-14,26H2,1-2H3,(H2,27,28,29). The molecule has 0 amide bonds. The number of nitrogen functional groups attached to an aromatic ring is 1. The monoisotopic (exact) mass is 521 g/mol. The van der Waals surface area contributed by atoms with Crippen molar-refractivity contribution in [1.29, 1.82) is 0 Å². The van der Waals surface area contributed by atoms with Crippen molar-refractivity contribution in [2.75, 3.05) is 30.3 Å². The van der Waals surface area contributed by atoms with Crippen LogP contribution in [0.4, 0.5) is 11.8 Å². The molecule has 200 valence electrons. The number of carbonyl (C=O) groups is 1. The summed E-state index contributed by atoms with van der Waals surface area (Å²) in [5.74, 6) is 0.372. The van der Waals surface area contributed by atoms with Gasteiger partial charge in [-0.1, -0.05) is 12.1 Å². The Kier molecular flexibility index (Phi) is 6.85. The molecular formula is C25H31N9O4. The first kappa shape index (κ1) is 25.4. The molecule has 4 heterocycles. The number of benzene rings is 1. The van der Waals surface area contributed by atoms with Gasteiger partial charge in [0.05, 0.1) is 18.7 Å². The van der Waals surface area contributed by atoms with E-state index in [4.69, 9.17) is 21.2 Å². The molecule has 38 heavy (non-hydrogen) atoms. The Morgan fingerprint density at radius 3 is 2.63 bits per heavy atom. The maximum atomic E-state index is 13.8. The number of piperidine rings is 1. The van der Waals surface area contributed by atoms with Crippen molar-refractivity contribution in [1.82, 2.24) is 28.7 Å². The molecule has 0 bridgehead atoms. The van der Waals surface area contributed by atoms with E-state index in [1.54, 1.807) is 23.6 Å². The summed E-state index contributed by atoms with van der Waals surface area (Å²) >= 11 is 0. The van der Waals surface area contributed by atoms with E-state index in [1.807, 2.05) is 24.0 Å². The van der Waals surface area contributed by atoms with E-state index in [0.29, 0.717) is 29.9 Å². The first-order valence-electron chi connectivity index (χ1n) is 12.7. The molecule has 1 aliphatic rings. The molecule has 13 nitrogen and oxygen atoms in total. The van der Waals surface area contributed by atoms with Crippen molar-refractivity contribution >= 4 is 39.8 Å². The highest BCUT2D eigenvalue weighted by molar-refractivity contribution is 5.87. The average molecular weight is 522 g/mol. The average Bonchev–Trinajstić information content (AvgIpc) is 3.29. The molecule has 1 aromatic carbocycles. The zero-order chi connectivity index (χ0) is 27.0. The van der Waals surface area contributed by atoms with E-state index >= 15 is 0 Å². The molecule has 1 aliphatic heterocycles. The topological polar surface area (TPSA) is 169 Å². The number of para-hydroxylation sites is 1. The van der Waals surface area contributed by atoms with Gasteiger partial charge in [0.2, 0.25) is 5.95 Å². The number of ether oxygens (including phenoxy) is 1. The highest BCUT2D eigenvalue weighted by atomic mass is 16.5. The number of fused-ring (bicyclic) bond motifs is 2. The first-order valence-corrected chi connectivity index (χ1v) is 12.7. The Balaban J connectivity index is 1.71. The van der Waals surface area contributed by atoms with Gasteiger partial charge in [0.25, 0.3) is 5.56 Å². The second kappa shape index (κ2) is 10.2. The van der Waals surface area contributed by atoms with E-state index in [-0.39, 0.29) is 42.0 Å². The van der Waals surface area contributed by atoms with Gasteiger partial charge in [-0.05, 0) is 38.8 Å². The quantitative estimate of drug-likeness (QED) is 0.325. The molecule has 1 unspecified atom stereocenters. The molecular weight excluding hydrogens is 490 g/mol. The van der Waals surface area contributed by atoms with Crippen molar-refractivity contribution in [2.45, 2.75) is 52.4 Å². The van der Waals surface area contributed by atoms with Crippen LogP contribution in [-0.2, 0) is 29.2 Å². The second-order valence-corrected chi connectivity index (χ2v) is 9.28. The van der Waals surface area contributed by atoms with Crippen LogP contribution in [0.3, 0.4) is 0 Å². The highest BCUT2D eigenvalue weighted by Crippen LogP contribution is 2.23. The van der Waals surface area contributed by atoms with Crippen molar-refractivity contribution in [3.8, 4) is 0 Å². The summed E-state index contributed by atoms with van der Waals surface area (Å²) in [6, 6.07) is 7.20. The number of hydrogen-bond donors (Lipinski definition) is 2. The summed E-state index contributed by atoms with van der Waals surface area (Å²) in [7, 11) is 0. The maximum absolute atomic E-state index is 13.8. The second-order valence-electron chi connectivity index (χ2n) is 9.28. The van der Waals surface area contributed by atoms with Gasteiger partial charge in [-0.25, -0.2) is 14.8 Å². The normalized spacial score (nSPS) is 15.9. The fraction of sp³-hybridized carbons (Fsp3) is 0.440. The molecule has 3 aromatic heterocycles. The van der Waals surface area contributed by atoms with Gasteiger partial charge >= 0.3 is 11.7 Å². The van der Waals surface area contributed by atoms with Crippen LogP contribution in [0, 0.1) is 0 Å². The predicted octanol–water partition coefficient (Wildman–Crippen LogP) is 0.444. The number of aryl methyl sites for hydroxylation is 1. The van der Waals surface area contributed by atoms with Crippen molar-refractivity contribution in [3.05, 3.63) is 50.9 Å². The highest BCUT2D eigenvalue weighted by Gasteiger charge is 2.27. The summed E-state index contributed by atoms with van der Waals surface area (Å²) in [4.78, 5) is 55.6. The van der Waals surface area contributed by atoms with Gasteiger partial charge in [0, 0.05) is 31.1 Å². The molecule has 4 N–H and O–H groups in total. The van der Waals surface area contributed by atoms with Gasteiger partial charge in [-0.15, -0.1) is 0 Å². The van der Waals surface area contributed by atoms with Crippen LogP contribution >= 0.6 is 0 Å². The molecule has 1 saturated heterocycles. The molecule has 13 heteroatoms. The van der Waals surface area contributed by atoms with Crippen LogP contribution in [0.2, 0.25) is 0 Å². The number of nitrogens with two attached hydrogens (primary N) is 2. The fourth-order valence-electron chi connectivity index (χ4n) is 4.99. The van der Waals surface area contributed by atoms with Gasteiger partial charge in [0.15, 0.2) is 17.0 Å². The number of aromatic nitrogens is 6. The number of carbonyl (C=O) groups excluding carboxylic acids is 1. The van der Waals surface area contributed by atoms with E-state index in [9.17, 15) is 14.4 Å². The van der Waals surface area contributed by atoms with Crippen molar-refractivity contribution in [3.63, 3.8) is 0 Å². The van der Waals surface area contributed by atoms with Crippen molar-refractivity contribution < 1.29 is 9.53 Å². The summed E-state index contributed by atoms with van der Waals surface area (Å²) < 4.78 is 9.07. The van der Waals surface area contributed by atoms with E-state index in [1.165, 1.54) is 4.57 Å². The molecule has 0 radical (unpaired) electrons. The molecule has 0 saturated carbocycles. The third-order valence-electron chi connectivity index (χ3n) is 6.72. The Morgan fingerprint density at radius 1 is 1.11 bits per heavy atom. The number of rotatable bonds is 7. The summed E-state index contributed by atoms with van der Waals surface area (Å²) in [6.45, 7) is 4.81. The van der Waals surface area contributed by atoms with Crippen LogP contribution in [0.15, 0.2) is 33.9 Å². The van der Waals surface area contributed by atoms with Crippen LogP contribution in [0.25, 0.3) is 22.1 Å². The molecule has 4 aromatic rings. The smallest absolute Gasteiger partial charge is 0.333 e. The summed E-state index contributed by atoms with van der Waals surface area (Å²) in [5.41, 5.74) is 12.0. The molecule has 1 fully saturated rings. The Bertz CT molecular complexity index is 1640. The van der Waals surface area contributed by atoms with Crippen LogP contribution in [0.5, 0.6) is 0 Å². The van der Waals surface area contributed by atoms with Crippen LogP contribution in [-0.4, -0.2) is 60.4 Å². The number of anilines is 2. The molecule has 5 rings (SSSR count). The fourth-order valence-corrected chi connectivity index (χ4v) is 4.99. The Labute approximate surface area is 217 Å². The zero-order valence-corrected chi connectivity index (χ0v) is 21.5. The minimum Gasteiger partial charge on any atom is -0.465 e. The number of nitrogens with zero attached hydrogens (tertiary/aromatic N) is 7. The zero-order valence-electron chi connectivity index (χ0n) is 21.5. The van der Waals surface area contributed by atoms with Crippen LogP contribution in [0.1, 0.15) is 32.5 Å². The number of hydrogen-bond acceptors (Lipinski definition) is 10.